The smallest absolute Gasteiger partial charge is 0.263 e. The van der Waals surface area contributed by atoms with Gasteiger partial charge in [-0.05, 0) is 33.4 Å². The molecule has 3 heterocycles. The molecule has 0 aromatic carbocycles. The predicted octanol–water partition coefficient (Wildman–Crippen LogP) is 1.96. The first-order valence-corrected chi connectivity index (χ1v) is 10.3. The lowest BCUT2D eigenvalue weighted by atomic mass is 10.2. The molecule has 136 valence electrons. The van der Waals surface area contributed by atoms with E-state index in [1.807, 2.05) is 25.7 Å². The van der Waals surface area contributed by atoms with Gasteiger partial charge >= 0.3 is 0 Å². The van der Waals surface area contributed by atoms with Crippen LogP contribution < -0.4 is 5.56 Å². The van der Waals surface area contributed by atoms with Gasteiger partial charge in [-0.25, -0.2) is 4.98 Å². The molecule has 0 unspecified atom stereocenters. The summed E-state index contributed by atoms with van der Waals surface area (Å²) in [5.41, 5.74) is 1.02. The van der Waals surface area contributed by atoms with Gasteiger partial charge in [0.1, 0.15) is 4.83 Å². The van der Waals surface area contributed by atoms with Gasteiger partial charge in [0.15, 0.2) is 5.16 Å². The van der Waals surface area contributed by atoms with Crippen molar-refractivity contribution >= 4 is 39.2 Å². The molecule has 2 aromatic rings. The van der Waals surface area contributed by atoms with E-state index in [4.69, 9.17) is 0 Å². The Morgan fingerprint density at radius 3 is 2.56 bits per heavy atom. The highest BCUT2D eigenvalue weighted by atomic mass is 32.2. The number of aryl methyl sites for hydroxylation is 2. The Kier molecular flexibility index (Phi) is 5.50. The van der Waals surface area contributed by atoms with Gasteiger partial charge in [0, 0.05) is 37.6 Å². The van der Waals surface area contributed by atoms with Crippen molar-refractivity contribution in [1.82, 2.24) is 19.4 Å². The van der Waals surface area contributed by atoms with Crippen molar-refractivity contribution in [2.45, 2.75) is 32.5 Å². The molecular formula is C17H24N4O2S2. The van der Waals surface area contributed by atoms with Gasteiger partial charge in [-0.2, -0.15) is 0 Å². The number of amides is 1. The Morgan fingerprint density at radius 2 is 1.92 bits per heavy atom. The van der Waals surface area contributed by atoms with E-state index in [0.717, 1.165) is 46.8 Å². The fourth-order valence-electron chi connectivity index (χ4n) is 2.97. The van der Waals surface area contributed by atoms with E-state index < -0.39 is 0 Å². The van der Waals surface area contributed by atoms with Gasteiger partial charge in [-0.3, -0.25) is 14.2 Å². The van der Waals surface area contributed by atoms with Crippen LogP contribution in [0.4, 0.5) is 0 Å². The van der Waals surface area contributed by atoms with Crippen molar-refractivity contribution in [3.63, 3.8) is 0 Å². The monoisotopic (exact) mass is 380 g/mol. The van der Waals surface area contributed by atoms with Crippen LogP contribution in [0, 0.1) is 13.8 Å². The number of carbonyl (C=O) groups is 1. The van der Waals surface area contributed by atoms with Crippen LogP contribution in [-0.4, -0.2) is 64.2 Å². The van der Waals surface area contributed by atoms with Crippen LogP contribution >= 0.6 is 23.1 Å². The second-order valence-corrected chi connectivity index (χ2v) is 8.53. The first-order valence-electron chi connectivity index (χ1n) is 8.52. The van der Waals surface area contributed by atoms with Crippen LogP contribution in [0.25, 0.3) is 10.2 Å². The lowest BCUT2D eigenvalue weighted by Crippen LogP contribution is -2.47. The zero-order valence-corrected chi connectivity index (χ0v) is 16.8. The summed E-state index contributed by atoms with van der Waals surface area (Å²) >= 11 is 2.92. The van der Waals surface area contributed by atoms with Crippen LogP contribution in [0.1, 0.15) is 17.4 Å². The van der Waals surface area contributed by atoms with Crippen molar-refractivity contribution in [1.29, 1.82) is 0 Å². The van der Waals surface area contributed by atoms with Crippen molar-refractivity contribution in [3.8, 4) is 0 Å². The lowest BCUT2D eigenvalue weighted by molar-refractivity contribution is -0.129. The Labute approximate surface area is 155 Å². The number of aromatic nitrogens is 2. The number of hydrogen-bond donors (Lipinski definition) is 0. The molecule has 0 atom stereocenters. The molecule has 0 spiro atoms. The standard InChI is InChI=1S/C17H24N4O2S2/c1-5-21-16(23)14-11(2)12(3)25-15(14)18-17(21)24-10-13(22)20-8-6-19(4)7-9-20/h5-10H2,1-4H3. The van der Waals surface area contributed by atoms with Crippen molar-refractivity contribution in [3.05, 3.63) is 20.8 Å². The van der Waals surface area contributed by atoms with Gasteiger partial charge in [-0.1, -0.05) is 11.8 Å². The first kappa shape index (κ1) is 18.4. The molecule has 1 fully saturated rings. The second-order valence-electron chi connectivity index (χ2n) is 6.38. The highest BCUT2D eigenvalue weighted by molar-refractivity contribution is 7.99. The third-order valence-corrected chi connectivity index (χ3v) is 6.81. The third kappa shape index (κ3) is 3.61. The molecule has 0 bridgehead atoms. The fraction of sp³-hybridized carbons (Fsp3) is 0.588. The van der Waals surface area contributed by atoms with E-state index in [-0.39, 0.29) is 11.5 Å². The number of thiophene rings is 1. The molecule has 6 nitrogen and oxygen atoms in total. The molecule has 0 saturated carbocycles. The van der Waals surface area contributed by atoms with Crippen LogP contribution in [0.15, 0.2) is 9.95 Å². The summed E-state index contributed by atoms with van der Waals surface area (Å²) in [6.45, 7) is 9.85. The van der Waals surface area contributed by atoms with Gasteiger partial charge in [0.05, 0.1) is 11.1 Å². The first-order chi connectivity index (χ1) is 11.9. The Morgan fingerprint density at radius 1 is 1.24 bits per heavy atom. The summed E-state index contributed by atoms with van der Waals surface area (Å²) in [7, 11) is 2.07. The van der Waals surface area contributed by atoms with Crippen molar-refractivity contribution in [2.24, 2.45) is 0 Å². The SMILES string of the molecule is CCn1c(SCC(=O)N2CCN(C)CC2)nc2sc(C)c(C)c2c1=O. The van der Waals surface area contributed by atoms with Crippen LogP contribution in [0.5, 0.6) is 0 Å². The number of thioether (sulfide) groups is 1. The molecule has 1 saturated heterocycles. The second kappa shape index (κ2) is 7.47. The van der Waals surface area contributed by atoms with Gasteiger partial charge in [-0.15, -0.1) is 11.3 Å². The average molecular weight is 381 g/mol. The summed E-state index contributed by atoms with van der Waals surface area (Å²) in [6, 6.07) is 0. The van der Waals surface area contributed by atoms with E-state index in [9.17, 15) is 9.59 Å². The topological polar surface area (TPSA) is 58.4 Å². The lowest BCUT2D eigenvalue weighted by Gasteiger charge is -2.32. The normalized spacial score (nSPS) is 15.9. The minimum absolute atomic E-state index is 0.00361. The van der Waals surface area contributed by atoms with Crippen LogP contribution in [0.2, 0.25) is 0 Å². The highest BCUT2D eigenvalue weighted by Gasteiger charge is 2.21. The van der Waals surface area contributed by atoms with E-state index in [0.29, 0.717) is 17.5 Å². The quantitative estimate of drug-likeness (QED) is 0.599. The number of likely N-dealkylation sites (N-methyl/N-ethyl adjacent to an activating group) is 1. The molecule has 2 aromatic heterocycles. The van der Waals surface area contributed by atoms with Crippen LogP contribution in [-0.2, 0) is 11.3 Å². The molecule has 0 N–H and O–H groups in total. The molecule has 25 heavy (non-hydrogen) atoms. The van der Waals surface area contributed by atoms with Crippen molar-refractivity contribution in [2.75, 3.05) is 39.0 Å². The molecule has 1 aliphatic rings. The minimum atomic E-state index is 0.00361. The van der Waals surface area contributed by atoms with Crippen molar-refractivity contribution < 1.29 is 4.79 Å². The number of piperazine rings is 1. The van der Waals surface area contributed by atoms with E-state index in [1.165, 1.54) is 11.8 Å². The molecular weight excluding hydrogens is 356 g/mol. The fourth-order valence-corrected chi connectivity index (χ4v) is 5.01. The van der Waals surface area contributed by atoms with Gasteiger partial charge in [0.25, 0.3) is 5.56 Å². The summed E-state index contributed by atoms with van der Waals surface area (Å²) in [6.07, 6.45) is 0. The minimum Gasteiger partial charge on any atom is -0.339 e. The zero-order valence-electron chi connectivity index (χ0n) is 15.2. The molecule has 8 heteroatoms. The Bertz CT molecular complexity index is 850. The number of hydrogen-bond acceptors (Lipinski definition) is 6. The van der Waals surface area contributed by atoms with Crippen LogP contribution in [0.3, 0.4) is 0 Å². The maximum atomic E-state index is 12.8. The van der Waals surface area contributed by atoms with E-state index >= 15 is 0 Å². The highest BCUT2D eigenvalue weighted by Crippen LogP contribution is 2.28. The summed E-state index contributed by atoms with van der Waals surface area (Å²) in [5, 5.41) is 1.36. The summed E-state index contributed by atoms with van der Waals surface area (Å²) in [5.74, 6) is 0.444. The molecule has 0 radical (unpaired) electrons. The van der Waals surface area contributed by atoms with Gasteiger partial charge < -0.3 is 9.80 Å². The molecule has 1 aliphatic heterocycles. The Hall–Kier alpha value is -1.38. The molecule has 3 rings (SSSR count). The molecule has 1 amide bonds. The summed E-state index contributed by atoms with van der Waals surface area (Å²) < 4.78 is 1.68. The van der Waals surface area contributed by atoms with E-state index in [2.05, 4.69) is 16.9 Å². The molecule has 0 aliphatic carbocycles. The van der Waals surface area contributed by atoms with Gasteiger partial charge in [0.2, 0.25) is 5.91 Å². The zero-order chi connectivity index (χ0) is 18.1. The average Bonchev–Trinajstić information content (AvgIpc) is 2.88. The number of rotatable bonds is 4. The Balaban J connectivity index is 1.81. The third-order valence-electron chi connectivity index (χ3n) is 4.75. The number of nitrogens with zero attached hydrogens (tertiary/aromatic N) is 4. The number of carbonyl (C=O) groups excluding carboxylic acids is 1. The largest absolute Gasteiger partial charge is 0.339 e. The summed E-state index contributed by atoms with van der Waals surface area (Å²) in [4.78, 5) is 36.0. The maximum absolute atomic E-state index is 12.8. The predicted molar refractivity (Wildman–Crippen MR) is 104 cm³/mol. The van der Waals surface area contributed by atoms with E-state index in [1.54, 1.807) is 15.9 Å². The number of fused-ring (bicyclic) bond motifs is 1. The maximum Gasteiger partial charge on any atom is 0.263 e.